The molecule has 1 heterocycles. The molecule has 13 heavy (non-hydrogen) atoms. The highest BCUT2D eigenvalue weighted by Crippen LogP contribution is 2.17. The Labute approximate surface area is 78.5 Å². The number of urea groups is 1. The van der Waals surface area contributed by atoms with Gasteiger partial charge in [-0.05, 0) is 12.8 Å². The van der Waals surface area contributed by atoms with Gasteiger partial charge in [-0.25, -0.2) is 4.79 Å². The van der Waals surface area contributed by atoms with Crippen molar-refractivity contribution >= 4 is 11.9 Å². The number of nitrogens with zero attached hydrogens (tertiary/aromatic N) is 2. The number of hydrogen-bond acceptors (Lipinski definition) is 2. The summed E-state index contributed by atoms with van der Waals surface area (Å²) in [5.74, 6) is 0.216. The Hall–Kier alpha value is -1.06. The van der Waals surface area contributed by atoms with Gasteiger partial charge in [0.15, 0.2) is 0 Å². The number of rotatable bonds is 2. The van der Waals surface area contributed by atoms with Crippen LogP contribution in [0, 0.1) is 5.92 Å². The molecule has 1 rings (SSSR count). The Morgan fingerprint density at radius 1 is 1.23 bits per heavy atom. The van der Waals surface area contributed by atoms with Crippen LogP contribution in [0.4, 0.5) is 4.79 Å². The lowest BCUT2D eigenvalue weighted by atomic mass is 10.1. The predicted molar refractivity (Wildman–Crippen MR) is 49.2 cm³/mol. The topological polar surface area (TPSA) is 40.6 Å². The first-order chi connectivity index (χ1) is 5.95. The van der Waals surface area contributed by atoms with Gasteiger partial charge >= 0.3 is 6.03 Å². The van der Waals surface area contributed by atoms with Gasteiger partial charge in [0.25, 0.3) is 5.91 Å². The van der Waals surface area contributed by atoms with E-state index in [9.17, 15) is 9.59 Å². The summed E-state index contributed by atoms with van der Waals surface area (Å²) < 4.78 is 0. The molecule has 3 amide bonds. The number of likely N-dealkylation sites (N-methyl/N-ethyl adjacent to an activating group) is 1. The fourth-order valence-electron chi connectivity index (χ4n) is 1.34. The predicted octanol–water partition coefficient (Wildman–Crippen LogP) is 0.925. The molecule has 1 atom stereocenters. The van der Waals surface area contributed by atoms with Crippen LogP contribution in [0.2, 0.25) is 0 Å². The molecule has 1 unspecified atom stereocenters. The van der Waals surface area contributed by atoms with Crippen LogP contribution in [-0.2, 0) is 4.79 Å². The van der Waals surface area contributed by atoms with Gasteiger partial charge in [0.1, 0.15) is 6.54 Å². The van der Waals surface area contributed by atoms with Gasteiger partial charge in [0, 0.05) is 13.1 Å². The first kappa shape index (κ1) is 10.0. The van der Waals surface area contributed by atoms with Crippen molar-refractivity contribution in [1.82, 2.24) is 9.80 Å². The fraction of sp³-hybridized carbons (Fsp3) is 0.778. The van der Waals surface area contributed by atoms with Crippen molar-refractivity contribution in [3.8, 4) is 0 Å². The lowest BCUT2D eigenvalue weighted by Gasteiger charge is -2.25. The van der Waals surface area contributed by atoms with E-state index in [4.69, 9.17) is 0 Å². The quantitative estimate of drug-likeness (QED) is 0.599. The molecule has 4 nitrogen and oxygen atoms in total. The van der Waals surface area contributed by atoms with Crippen LogP contribution in [0.1, 0.15) is 20.8 Å². The molecule has 4 heteroatoms. The maximum absolute atomic E-state index is 11.5. The molecular formula is C9H16N2O2. The highest BCUT2D eigenvalue weighted by molar-refractivity contribution is 6.02. The summed E-state index contributed by atoms with van der Waals surface area (Å²) in [6, 6.07) is -0.184. The molecule has 0 aromatic carbocycles. The molecule has 0 radical (unpaired) electrons. The van der Waals surface area contributed by atoms with Crippen LogP contribution >= 0.6 is 0 Å². The Morgan fingerprint density at radius 3 is 2.08 bits per heavy atom. The van der Waals surface area contributed by atoms with Crippen LogP contribution in [0.5, 0.6) is 0 Å². The van der Waals surface area contributed by atoms with E-state index in [0.29, 0.717) is 5.92 Å². The zero-order valence-corrected chi connectivity index (χ0v) is 8.57. The van der Waals surface area contributed by atoms with E-state index in [2.05, 4.69) is 0 Å². The molecular weight excluding hydrogens is 168 g/mol. The highest BCUT2D eigenvalue weighted by atomic mass is 16.2. The lowest BCUT2D eigenvalue weighted by molar-refractivity contribution is -0.127. The summed E-state index contributed by atoms with van der Waals surface area (Å²) in [5, 5.41) is 0. The average Bonchev–Trinajstić information content (AvgIpc) is 2.26. The first-order valence-corrected chi connectivity index (χ1v) is 4.52. The lowest BCUT2D eigenvalue weighted by Crippen LogP contribution is -2.41. The molecule has 1 fully saturated rings. The van der Waals surface area contributed by atoms with E-state index in [-0.39, 0.29) is 24.5 Å². The zero-order chi connectivity index (χ0) is 10.2. The number of amides is 3. The normalized spacial score (nSPS) is 20.4. The van der Waals surface area contributed by atoms with Gasteiger partial charge in [-0.3, -0.25) is 9.69 Å². The third kappa shape index (κ3) is 1.66. The van der Waals surface area contributed by atoms with Crippen LogP contribution in [-0.4, -0.2) is 41.4 Å². The van der Waals surface area contributed by atoms with Crippen molar-refractivity contribution < 1.29 is 9.59 Å². The zero-order valence-electron chi connectivity index (χ0n) is 8.57. The third-order valence-corrected chi connectivity index (χ3v) is 2.55. The van der Waals surface area contributed by atoms with E-state index < -0.39 is 0 Å². The summed E-state index contributed by atoms with van der Waals surface area (Å²) in [6.07, 6.45) is 0. The van der Waals surface area contributed by atoms with E-state index in [1.165, 1.54) is 9.80 Å². The molecule has 0 aromatic heterocycles. The monoisotopic (exact) mass is 184 g/mol. The molecule has 0 N–H and O–H groups in total. The number of imide groups is 1. The third-order valence-electron chi connectivity index (χ3n) is 2.55. The molecule has 1 aliphatic rings. The minimum absolute atomic E-state index is 0.00931. The van der Waals surface area contributed by atoms with Crippen molar-refractivity contribution in [3.63, 3.8) is 0 Å². The second kappa shape index (κ2) is 3.36. The van der Waals surface area contributed by atoms with Crippen molar-refractivity contribution in [3.05, 3.63) is 0 Å². The van der Waals surface area contributed by atoms with Crippen LogP contribution in [0.3, 0.4) is 0 Å². The summed E-state index contributed by atoms with van der Waals surface area (Å²) in [5.41, 5.74) is 0. The molecule has 0 aliphatic carbocycles. The van der Waals surface area contributed by atoms with Crippen molar-refractivity contribution in [1.29, 1.82) is 0 Å². The highest BCUT2D eigenvalue weighted by Gasteiger charge is 2.37. The molecule has 74 valence electrons. The summed E-state index contributed by atoms with van der Waals surface area (Å²) >= 11 is 0. The summed E-state index contributed by atoms with van der Waals surface area (Å²) in [6.45, 7) is 6.13. The molecule has 0 bridgehead atoms. The summed E-state index contributed by atoms with van der Waals surface area (Å²) in [4.78, 5) is 25.7. The van der Waals surface area contributed by atoms with Crippen molar-refractivity contribution in [2.75, 3.05) is 13.6 Å². The average molecular weight is 184 g/mol. The maximum atomic E-state index is 11.5. The molecule has 0 aromatic rings. The van der Waals surface area contributed by atoms with E-state index in [1.54, 1.807) is 7.05 Å². The Balaban J connectivity index is 2.80. The van der Waals surface area contributed by atoms with Gasteiger partial charge in [-0.2, -0.15) is 0 Å². The van der Waals surface area contributed by atoms with Gasteiger partial charge in [0.05, 0.1) is 0 Å². The van der Waals surface area contributed by atoms with Gasteiger partial charge < -0.3 is 4.90 Å². The van der Waals surface area contributed by atoms with Crippen molar-refractivity contribution in [2.24, 2.45) is 5.92 Å². The number of hydrogen-bond donors (Lipinski definition) is 0. The smallest absolute Gasteiger partial charge is 0.318 e. The number of carbonyl (C=O) groups is 2. The van der Waals surface area contributed by atoms with Crippen LogP contribution in [0.25, 0.3) is 0 Å². The van der Waals surface area contributed by atoms with Gasteiger partial charge in [-0.15, -0.1) is 0 Å². The largest absolute Gasteiger partial charge is 0.327 e. The van der Waals surface area contributed by atoms with Crippen molar-refractivity contribution in [2.45, 2.75) is 26.8 Å². The molecule has 1 saturated heterocycles. The van der Waals surface area contributed by atoms with Crippen LogP contribution in [0.15, 0.2) is 0 Å². The van der Waals surface area contributed by atoms with Gasteiger partial charge in [-0.1, -0.05) is 13.8 Å². The summed E-state index contributed by atoms with van der Waals surface area (Å²) in [7, 11) is 1.65. The molecule has 1 aliphatic heterocycles. The second-order valence-corrected chi connectivity index (χ2v) is 3.89. The standard InChI is InChI=1S/C9H16N2O2/c1-6(2)7(3)11-8(12)5-10(4)9(11)13/h6-7H,5H2,1-4H3. The second-order valence-electron chi connectivity index (χ2n) is 3.89. The van der Waals surface area contributed by atoms with Crippen LogP contribution < -0.4 is 0 Å². The molecule has 0 spiro atoms. The minimum atomic E-state index is -0.175. The molecule has 0 saturated carbocycles. The SMILES string of the molecule is CC(C)C(C)N1C(=O)CN(C)C1=O. The van der Waals surface area contributed by atoms with E-state index in [1.807, 2.05) is 20.8 Å². The Kier molecular flexibility index (Phi) is 2.59. The first-order valence-electron chi connectivity index (χ1n) is 4.52. The fourth-order valence-corrected chi connectivity index (χ4v) is 1.34. The van der Waals surface area contributed by atoms with Gasteiger partial charge in [0.2, 0.25) is 0 Å². The number of carbonyl (C=O) groups excluding carboxylic acids is 2. The van der Waals surface area contributed by atoms with E-state index in [0.717, 1.165) is 0 Å². The maximum Gasteiger partial charge on any atom is 0.327 e. The Morgan fingerprint density at radius 2 is 1.77 bits per heavy atom. The van der Waals surface area contributed by atoms with E-state index >= 15 is 0 Å². The Bertz CT molecular complexity index is 238. The minimum Gasteiger partial charge on any atom is -0.318 e.